The summed E-state index contributed by atoms with van der Waals surface area (Å²) in [4.78, 5) is 2.41. The predicted molar refractivity (Wildman–Crippen MR) is 124 cm³/mol. The molecule has 31 heavy (non-hydrogen) atoms. The average Bonchev–Trinajstić information content (AvgIpc) is 3.27. The van der Waals surface area contributed by atoms with Crippen LogP contribution in [0.2, 0.25) is 5.02 Å². The van der Waals surface area contributed by atoms with E-state index in [9.17, 15) is 0 Å². The van der Waals surface area contributed by atoms with Crippen molar-refractivity contribution in [3.8, 4) is 11.4 Å². The third-order valence-corrected chi connectivity index (χ3v) is 6.32. The second kappa shape index (κ2) is 8.69. The summed E-state index contributed by atoms with van der Waals surface area (Å²) in [6.45, 7) is 2.68. The van der Waals surface area contributed by atoms with Gasteiger partial charge in [-0.25, -0.2) is 4.68 Å². The van der Waals surface area contributed by atoms with Gasteiger partial charge in [0, 0.05) is 5.02 Å². The van der Waals surface area contributed by atoms with E-state index in [0.717, 1.165) is 30.2 Å². The lowest BCUT2D eigenvalue weighted by Crippen LogP contribution is -2.29. The molecule has 0 unspecified atom stereocenters. The van der Waals surface area contributed by atoms with Crippen molar-refractivity contribution in [3.05, 3.63) is 83.1 Å². The van der Waals surface area contributed by atoms with Gasteiger partial charge in [-0.2, -0.15) is 0 Å². The molecule has 0 saturated carbocycles. The van der Waals surface area contributed by atoms with E-state index < -0.39 is 0 Å². The zero-order valence-electron chi connectivity index (χ0n) is 17.5. The fraction of sp³-hybridized carbons (Fsp3) is 0.280. The Morgan fingerprint density at radius 1 is 1.03 bits per heavy atom. The van der Waals surface area contributed by atoms with Crippen LogP contribution in [0.15, 0.2) is 66.9 Å². The standard InChI is InChI=1S/C25H25ClN4O/c1-29-13-11-19(12-14-29)24-4-2-3-18-5-10-23(15-25(18)24)31-17-21-16-30(28-27-21)22-8-6-20(26)7-9-22/h2-10,15-16,19H,11-14,17H2,1H3. The van der Waals surface area contributed by atoms with Gasteiger partial charge in [0.15, 0.2) is 0 Å². The van der Waals surface area contributed by atoms with Crippen LogP contribution in [-0.4, -0.2) is 40.0 Å². The number of rotatable bonds is 5. The molecule has 1 saturated heterocycles. The van der Waals surface area contributed by atoms with Crippen molar-refractivity contribution >= 4 is 22.4 Å². The van der Waals surface area contributed by atoms with Gasteiger partial charge in [-0.05, 0) is 91.6 Å². The Bertz CT molecular complexity index is 1180. The minimum Gasteiger partial charge on any atom is -0.487 e. The minimum atomic E-state index is 0.371. The van der Waals surface area contributed by atoms with E-state index in [1.807, 2.05) is 36.5 Å². The van der Waals surface area contributed by atoms with Crippen molar-refractivity contribution in [2.45, 2.75) is 25.4 Å². The quantitative estimate of drug-likeness (QED) is 0.420. The first-order valence-electron chi connectivity index (χ1n) is 10.7. The number of ether oxygens (including phenoxy) is 1. The maximum Gasteiger partial charge on any atom is 0.134 e. The third kappa shape index (κ3) is 4.43. The van der Waals surface area contributed by atoms with E-state index >= 15 is 0 Å². The number of halogens is 1. The Balaban J connectivity index is 1.33. The van der Waals surface area contributed by atoms with Crippen molar-refractivity contribution in [1.82, 2.24) is 19.9 Å². The molecular formula is C25H25ClN4O. The summed E-state index contributed by atoms with van der Waals surface area (Å²) in [5.74, 6) is 1.46. The molecule has 0 aliphatic carbocycles. The van der Waals surface area contributed by atoms with E-state index in [1.54, 1.807) is 4.68 Å². The Hall–Kier alpha value is -2.89. The lowest BCUT2D eigenvalue weighted by Gasteiger charge is -2.30. The third-order valence-electron chi connectivity index (χ3n) is 6.06. The second-order valence-corrected chi connectivity index (χ2v) is 8.66. The Labute approximate surface area is 187 Å². The molecule has 5 rings (SSSR count). The van der Waals surface area contributed by atoms with Crippen molar-refractivity contribution in [1.29, 1.82) is 0 Å². The van der Waals surface area contributed by atoms with E-state index in [-0.39, 0.29) is 0 Å². The Morgan fingerprint density at radius 3 is 2.65 bits per heavy atom. The lowest BCUT2D eigenvalue weighted by molar-refractivity contribution is 0.256. The van der Waals surface area contributed by atoms with Crippen LogP contribution in [0.25, 0.3) is 16.5 Å². The molecule has 5 nitrogen and oxygen atoms in total. The predicted octanol–water partition coefficient (Wildman–Crippen LogP) is 5.46. The Morgan fingerprint density at radius 2 is 1.84 bits per heavy atom. The highest BCUT2D eigenvalue weighted by atomic mass is 35.5. The average molecular weight is 433 g/mol. The van der Waals surface area contributed by atoms with Crippen molar-refractivity contribution < 1.29 is 4.74 Å². The van der Waals surface area contributed by atoms with Gasteiger partial charge in [-0.1, -0.05) is 41.1 Å². The monoisotopic (exact) mass is 432 g/mol. The SMILES string of the molecule is CN1CCC(c2cccc3ccc(OCc4cn(-c5ccc(Cl)cc5)nn4)cc23)CC1. The molecule has 3 aromatic carbocycles. The number of hydrogen-bond donors (Lipinski definition) is 0. The van der Waals surface area contributed by atoms with Crippen LogP contribution in [0.4, 0.5) is 0 Å². The molecule has 4 aromatic rings. The fourth-order valence-electron chi connectivity index (χ4n) is 4.28. The molecule has 1 aliphatic rings. The lowest BCUT2D eigenvalue weighted by atomic mass is 9.86. The first kappa shape index (κ1) is 20.0. The normalized spacial score (nSPS) is 15.4. The van der Waals surface area contributed by atoms with Gasteiger partial charge >= 0.3 is 0 Å². The largest absolute Gasteiger partial charge is 0.487 e. The summed E-state index contributed by atoms with van der Waals surface area (Å²) < 4.78 is 7.81. The first-order valence-corrected chi connectivity index (χ1v) is 11.0. The van der Waals surface area contributed by atoms with Gasteiger partial charge in [0.25, 0.3) is 0 Å². The van der Waals surface area contributed by atoms with Gasteiger partial charge in [-0.15, -0.1) is 5.10 Å². The number of fused-ring (bicyclic) bond motifs is 1. The van der Waals surface area contributed by atoms with Crippen molar-refractivity contribution in [2.24, 2.45) is 0 Å². The van der Waals surface area contributed by atoms with E-state index in [4.69, 9.17) is 16.3 Å². The number of hydrogen-bond acceptors (Lipinski definition) is 4. The zero-order chi connectivity index (χ0) is 21.2. The summed E-state index contributed by atoms with van der Waals surface area (Å²) in [5, 5.41) is 11.7. The van der Waals surface area contributed by atoms with Crippen molar-refractivity contribution in [3.63, 3.8) is 0 Å². The number of likely N-dealkylation sites (tertiary alicyclic amines) is 1. The summed E-state index contributed by atoms with van der Waals surface area (Å²) >= 11 is 5.96. The molecule has 0 bridgehead atoms. The summed E-state index contributed by atoms with van der Waals surface area (Å²) in [6.07, 6.45) is 4.29. The topological polar surface area (TPSA) is 43.2 Å². The van der Waals surface area contributed by atoms with Crippen molar-refractivity contribution in [2.75, 3.05) is 20.1 Å². The number of nitrogens with zero attached hydrogens (tertiary/aromatic N) is 4. The van der Waals surface area contributed by atoms with Crippen LogP contribution in [0.1, 0.15) is 30.0 Å². The van der Waals surface area contributed by atoms with Gasteiger partial charge in [0.05, 0.1) is 11.9 Å². The smallest absolute Gasteiger partial charge is 0.134 e. The van der Waals surface area contributed by atoms with Gasteiger partial charge in [0.1, 0.15) is 18.1 Å². The summed E-state index contributed by atoms with van der Waals surface area (Å²) in [6, 6.07) is 20.5. The highest BCUT2D eigenvalue weighted by molar-refractivity contribution is 6.30. The molecule has 1 fully saturated rings. The van der Waals surface area contributed by atoms with Crippen LogP contribution < -0.4 is 4.74 Å². The molecule has 0 N–H and O–H groups in total. The van der Waals surface area contributed by atoms with Gasteiger partial charge < -0.3 is 9.64 Å². The number of piperidine rings is 1. The fourth-order valence-corrected chi connectivity index (χ4v) is 4.41. The van der Waals surface area contributed by atoms with Gasteiger partial charge in [0.2, 0.25) is 0 Å². The molecular weight excluding hydrogens is 408 g/mol. The molecule has 158 valence electrons. The van der Waals surface area contributed by atoms with E-state index in [0.29, 0.717) is 17.5 Å². The molecule has 0 amide bonds. The zero-order valence-corrected chi connectivity index (χ0v) is 18.3. The van der Waals surface area contributed by atoms with Crippen LogP contribution in [0.5, 0.6) is 5.75 Å². The maximum atomic E-state index is 6.08. The summed E-state index contributed by atoms with van der Waals surface area (Å²) in [5.41, 5.74) is 3.13. The summed E-state index contributed by atoms with van der Waals surface area (Å²) in [7, 11) is 2.20. The molecule has 1 aliphatic heterocycles. The highest BCUT2D eigenvalue weighted by Crippen LogP contribution is 2.34. The number of aromatic nitrogens is 3. The minimum absolute atomic E-state index is 0.371. The van der Waals surface area contributed by atoms with E-state index in [2.05, 4.69) is 52.6 Å². The van der Waals surface area contributed by atoms with Crippen LogP contribution in [0.3, 0.4) is 0 Å². The number of benzene rings is 3. The van der Waals surface area contributed by atoms with Gasteiger partial charge in [-0.3, -0.25) is 0 Å². The molecule has 0 spiro atoms. The van der Waals surface area contributed by atoms with E-state index in [1.165, 1.54) is 29.2 Å². The first-order chi connectivity index (χ1) is 15.2. The molecule has 0 radical (unpaired) electrons. The van der Waals surface area contributed by atoms with Crippen LogP contribution >= 0.6 is 11.6 Å². The molecule has 6 heteroatoms. The molecule has 1 aromatic heterocycles. The van der Waals surface area contributed by atoms with Crippen LogP contribution in [0, 0.1) is 0 Å². The Kier molecular flexibility index (Phi) is 5.62. The second-order valence-electron chi connectivity index (χ2n) is 8.23. The van der Waals surface area contributed by atoms with Crippen LogP contribution in [-0.2, 0) is 6.61 Å². The highest BCUT2D eigenvalue weighted by Gasteiger charge is 2.20. The maximum absolute atomic E-state index is 6.08. The molecule has 2 heterocycles. The molecule has 0 atom stereocenters.